The van der Waals surface area contributed by atoms with Gasteiger partial charge in [-0.3, -0.25) is 5.41 Å². The van der Waals surface area contributed by atoms with Crippen LogP contribution in [0.3, 0.4) is 0 Å². The Kier molecular flexibility index (Phi) is 4.67. The summed E-state index contributed by atoms with van der Waals surface area (Å²) in [5, 5.41) is 11.8. The maximum atomic E-state index is 12.3. The molecular formula is C18H17ClN4O2S2. The molecular weight excluding hydrogens is 404 g/mol. The zero-order valence-corrected chi connectivity index (χ0v) is 17.0. The molecule has 4 rings (SSSR count). The van der Waals surface area contributed by atoms with E-state index in [1.807, 2.05) is 37.3 Å². The van der Waals surface area contributed by atoms with Gasteiger partial charge in [0.1, 0.15) is 11.8 Å². The van der Waals surface area contributed by atoms with E-state index in [1.165, 1.54) is 4.31 Å². The van der Waals surface area contributed by atoms with E-state index in [4.69, 9.17) is 21.4 Å². The van der Waals surface area contributed by atoms with Gasteiger partial charge in [0, 0.05) is 10.4 Å². The number of nitrogens with one attached hydrogen (secondary N) is 2. The van der Waals surface area contributed by atoms with Gasteiger partial charge in [0.05, 0.1) is 34.5 Å². The van der Waals surface area contributed by atoms with Gasteiger partial charge in [0.25, 0.3) is 0 Å². The Labute approximate surface area is 169 Å². The van der Waals surface area contributed by atoms with Crippen molar-refractivity contribution in [2.75, 3.05) is 12.8 Å². The van der Waals surface area contributed by atoms with Gasteiger partial charge in [0.15, 0.2) is 5.75 Å². The highest BCUT2D eigenvalue weighted by molar-refractivity contribution is 7.89. The summed E-state index contributed by atoms with van der Waals surface area (Å²) < 4.78 is 19.1. The normalized spacial score (nSPS) is 22.7. The number of halogens is 1. The Balaban J connectivity index is 1.64. The second-order valence-electron chi connectivity index (χ2n) is 6.47. The predicted molar refractivity (Wildman–Crippen MR) is 109 cm³/mol. The molecule has 0 amide bonds. The van der Waals surface area contributed by atoms with Crippen LogP contribution >= 0.6 is 22.9 Å². The van der Waals surface area contributed by atoms with E-state index in [0.29, 0.717) is 16.7 Å². The Bertz CT molecular complexity index is 974. The molecule has 0 bridgehead atoms. The summed E-state index contributed by atoms with van der Waals surface area (Å²) in [4.78, 5) is 6.04. The molecule has 1 saturated heterocycles. The van der Waals surface area contributed by atoms with Gasteiger partial charge in [-0.1, -0.05) is 23.7 Å². The number of rotatable bonds is 3. The number of nitrogens with zero attached hydrogens (tertiary/aromatic N) is 2. The van der Waals surface area contributed by atoms with Gasteiger partial charge in [-0.2, -0.15) is 4.31 Å². The third kappa shape index (κ3) is 3.34. The zero-order chi connectivity index (χ0) is 19.2. The van der Waals surface area contributed by atoms with E-state index in [2.05, 4.69) is 10.3 Å². The first kappa shape index (κ1) is 18.4. The lowest BCUT2D eigenvalue weighted by Crippen LogP contribution is -2.60. The lowest BCUT2D eigenvalue weighted by atomic mass is 10.0. The molecule has 3 heterocycles. The molecule has 2 aromatic heterocycles. The van der Waals surface area contributed by atoms with Crippen molar-refractivity contribution in [1.29, 1.82) is 5.41 Å². The highest BCUT2D eigenvalue weighted by Crippen LogP contribution is 2.42. The summed E-state index contributed by atoms with van der Waals surface area (Å²) in [7, 11) is 1.64. The van der Waals surface area contributed by atoms with Crippen LogP contribution in [0, 0.1) is 5.41 Å². The van der Waals surface area contributed by atoms with Crippen molar-refractivity contribution in [1.82, 2.24) is 14.6 Å². The minimum Gasteiger partial charge on any atom is -0.593 e. The largest absolute Gasteiger partial charge is 0.593 e. The first-order valence-electron chi connectivity index (χ1n) is 8.16. The third-order valence-corrected chi connectivity index (χ3v) is 7.94. The van der Waals surface area contributed by atoms with Crippen molar-refractivity contribution in [3.8, 4) is 21.9 Å². The Hall–Kier alpha value is -2.00. The minimum absolute atomic E-state index is 0.128. The zero-order valence-electron chi connectivity index (χ0n) is 14.7. The molecule has 1 aliphatic rings. The van der Waals surface area contributed by atoms with Crippen LogP contribution in [0.4, 0.5) is 0 Å². The van der Waals surface area contributed by atoms with Gasteiger partial charge >= 0.3 is 0 Å². The summed E-state index contributed by atoms with van der Waals surface area (Å²) in [6.07, 6.45) is 3.16. The molecule has 6 nitrogen and oxygen atoms in total. The van der Waals surface area contributed by atoms with Crippen molar-refractivity contribution in [2.45, 2.75) is 12.5 Å². The van der Waals surface area contributed by atoms with E-state index in [9.17, 15) is 4.55 Å². The molecule has 0 saturated carbocycles. The summed E-state index contributed by atoms with van der Waals surface area (Å²) in [5.41, 5.74) is 1.28. The maximum Gasteiger partial charge on any atom is 0.234 e. The van der Waals surface area contributed by atoms with E-state index in [0.717, 1.165) is 20.9 Å². The molecule has 27 heavy (non-hydrogen) atoms. The first-order valence-corrected chi connectivity index (χ1v) is 10.6. The van der Waals surface area contributed by atoms with Crippen LogP contribution in [0.25, 0.3) is 21.9 Å². The van der Waals surface area contributed by atoms with Crippen LogP contribution < -0.4 is 5.32 Å². The molecule has 3 aromatic rings. The number of guanidine groups is 1. The Morgan fingerprint density at radius 1 is 1.37 bits per heavy atom. The Morgan fingerprint density at radius 3 is 2.70 bits per heavy atom. The standard InChI is InChI=1S/C18H17ClN4O2S2/c1-18(10-27(24)23(2)17(20)22-18)15-13(19)9-14(26-15)11-3-5-12(6-4-11)16-21-7-8-25-16/h3-9H,10H2,1-2H3,(H2,20,22)/t18-,27?/m0/s1. The molecule has 140 valence electrons. The number of hydrogen-bond acceptors (Lipinski definition) is 5. The monoisotopic (exact) mass is 420 g/mol. The number of thiophene rings is 1. The molecule has 1 aliphatic heterocycles. The van der Waals surface area contributed by atoms with Gasteiger partial charge in [-0.05, 0) is 30.7 Å². The molecule has 1 unspecified atom stereocenters. The van der Waals surface area contributed by atoms with E-state index in [-0.39, 0.29) is 5.96 Å². The predicted octanol–water partition coefficient (Wildman–Crippen LogP) is 4.07. The number of benzene rings is 1. The van der Waals surface area contributed by atoms with E-state index < -0.39 is 16.9 Å². The molecule has 0 radical (unpaired) electrons. The second kappa shape index (κ2) is 6.87. The summed E-state index contributed by atoms with van der Waals surface area (Å²) in [5.74, 6) is 1.06. The quantitative estimate of drug-likeness (QED) is 0.623. The highest BCUT2D eigenvalue weighted by atomic mass is 35.5. The Morgan fingerprint density at radius 2 is 2.07 bits per heavy atom. The highest BCUT2D eigenvalue weighted by Gasteiger charge is 2.44. The fraction of sp³-hybridized carbons (Fsp3) is 0.222. The van der Waals surface area contributed by atoms with Crippen LogP contribution in [0.5, 0.6) is 0 Å². The van der Waals surface area contributed by atoms with E-state index >= 15 is 0 Å². The molecule has 0 aliphatic carbocycles. The first-order chi connectivity index (χ1) is 12.9. The van der Waals surface area contributed by atoms with Crippen LogP contribution in [-0.2, 0) is 16.9 Å². The van der Waals surface area contributed by atoms with Crippen molar-refractivity contribution >= 4 is 40.3 Å². The number of hydrogen-bond donors (Lipinski definition) is 2. The van der Waals surface area contributed by atoms with Gasteiger partial charge < -0.3 is 14.3 Å². The van der Waals surface area contributed by atoms with Crippen molar-refractivity contribution in [3.63, 3.8) is 0 Å². The topological polar surface area (TPSA) is 88.2 Å². The van der Waals surface area contributed by atoms with Crippen LogP contribution in [-0.4, -0.2) is 32.6 Å². The smallest absolute Gasteiger partial charge is 0.234 e. The van der Waals surface area contributed by atoms with Crippen molar-refractivity contribution < 1.29 is 8.97 Å². The van der Waals surface area contributed by atoms with Gasteiger partial charge in [0.2, 0.25) is 11.9 Å². The van der Waals surface area contributed by atoms with E-state index in [1.54, 1.807) is 30.8 Å². The lowest BCUT2D eigenvalue weighted by Gasteiger charge is -2.39. The molecule has 0 spiro atoms. The lowest BCUT2D eigenvalue weighted by molar-refractivity contribution is 0.424. The van der Waals surface area contributed by atoms with Gasteiger partial charge in [-0.15, -0.1) is 11.3 Å². The fourth-order valence-corrected chi connectivity index (χ4v) is 5.87. The SMILES string of the molecule is CN1C(=N)N[C@](C)(c2sc(-c3ccc(-c4ncco4)cc3)cc2Cl)C[S+]1[O-]. The molecule has 1 fully saturated rings. The second-order valence-corrected chi connectivity index (χ2v) is 9.41. The number of oxazole rings is 1. The molecule has 2 atom stereocenters. The van der Waals surface area contributed by atoms with Crippen LogP contribution in [0.15, 0.2) is 47.2 Å². The average Bonchev–Trinajstić information content (AvgIpc) is 3.30. The molecule has 9 heteroatoms. The summed E-state index contributed by atoms with van der Waals surface area (Å²) in [6, 6.07) is 9.81. The maximum absolute atomic E-state index is 12.3. The average molecular weight is 421 g/mol. The van der Waals surface area contributed by atoms with Gasteiger partial charge in [-0.25, -0.2) is 4.98 Å². The summed E-state index contributed by atoms with van der Waals surface area (Å²) in [6.45, 7) is 1.93. The molecule has 2 N–H and O–H groups in total. The minimum atomic E-state index is -1.27. The van der Waals surface area contributed by atoms with Crippen LogP contribution in [0.1, 0.15) is 11.8 Å². The molecule has 1 aromatic carbocycles. The summed E-state index contributed by atoms with van der Waals surface area (Å²) >= 11 is 6.80. The third-order valence-electron chi connectivity index (χ3n) is 4.46. The fourth-order valence-electron chi connectivity index (χ4n) is 2.97. The number of aromatic nitrogens is 1. The van der Waals surface area contributed by atoms with Crippen LogP contribution in [0.2, 0.25) is 5.02 Å². The van der Waals surface area contributed by atoms with Crippen molar-refractivity contribution in [3.05, 3.63) is 52.7 Å². The van der Waals surface area contributed by atoms with Crippen molar-refractivity contribution in [2.24, 2.45) is 0 Å².